The number of halogens is 1. The van der Waals surface area contributed by atoms with Gasteiger partial charge in [-0.05, 0) is 48.0 Å². The Kier molecular flexibility index (Phi) is 7.24. The molecule has 2 rings (SSSR count). The number of hydrazine groups is 1. The molecule has 2 aromatic carbocycles. The van der Waals surface area contributed by atoms with Crippen LogP contribution in [0.2, 0.25) is 5.02 Å². The van der Waals surface area contributed by atoms with Crippen LogP contribution in [0.1, 0.15) is 15.9 Å². The van der Waals surface area contributed by atoms with Gasteiger partial charge in [-0.15, -0.1) is 0 Å². The van der Waals surface area contributed by atoms with Crippen molar-refractivity contribution in [3.05, 3.63) is 58.6 Å². The lowest BCUT2D eigenvalue weighted by Crippen LogP contribution is -2.40. The van der Waals surface area contributed by atoms with Crippen molar-refractivity contribution in [2.24, 2.45) is 0 Å². The lowest BCUT2D eigenvalue weighted by molar-refractivity contribution is -0.117. The summed E-state index contributed by atoms with van der Waals surface area (Å²) >= 11 is 6.10. The predicted molar refractivity (Wildman–Crippen MR) is 109 cm³/mol. The molecule has 0 spiro atoms. The minimum Gasteiger partial charge on any atom is -0.493 e. The third-order valence-electron chi connectivity index (χ3n) is 3.73. The molecule has 0 aliphatic heterocycles. The van der Waals surface area contributed by atoms with Crippen LogP contribution in [-0.4, -0.2) is 40.7 Å². The Hall–Kier alpha value is -3.04. The van der Waals surface area contributed by atoms with Gasteiger partial charge in [0.15, 0.2) is 21.3 Å². The van der Waals surface area contributed by atoms with Gasteiger partial charge in [0.25, 0.3) is 11.8 Å². The lowest BCUT2D eigenvalue weighted by atomic mass is 10.2. The maximum absolute atomic E-state index is 12.0. The lowest BCUT2D eigenvalue weighted by Gasteiger charge is -2.10. The van der Waals surface area contributed by atoms with Crippen LogP contribution >= 0.6 is 11.6 Å². The van der Waals surface area contributed by atoms with Crippen molar-refractivity contribution in [3.8, 4) is 11.5 Å². The topological polar surface area (TPSA) is 111 Å². The van der Waals surface area contributed by atoms with Crippen LogP contribution in [-0.2, 0) is 14.6 Å². The average molecular weight is 439 g/mol. The molecule has 8 nitrogen and oxygen atoms in total. The zero-order valence-corrected chi connectivity index (χ0v) is 17.4. The molecule has 0 fully saturated rings. The van der Waals surface area contributed by atoms with E-state index in [1.54, 1.807) is 12.1 Å². The van der Waals surface area contributed by atoms with Gasteiger partial charge >= 0.3 is 0 Å². The van der Waals surface area contributed by atoms with Crippen LogP contribution in [0, 0.1) is 0 Å². The van der Waals surface area contributed by atoms with Crippen molar-refractivity contribution < 1.29 is 27.5 Å². The van der Waals surface area contributed by atoms with Gasteiger partial charge in [-0.2, -0.15) is 0 Å². The maximum Gasteiger partial charge on any atom is 0.269 e. The Balaban J connectivity index is 1.99. The number of benzene rings is 2. The van der Waals surface area contributed by atoms with Gasteiger partial charge in [0.2, 0.25) is 0 Å². The second-order valence-corrected chi connectivity index (χ2v) is 8.23. The van der Waals surface area contributed by atoms with Crippen LogP contribution in [0.25, 0.3) is 6.08 Å². The smallest absolute Gasteiger partial charge is 0.269 e. The number of nitrogens with one attached hydrogen (secondary N) is 2. The van der Waals surface area contributed by atoms with E-state index in [0.29, 0.717) is 22.1 Å². The molecular weight excluding hydrogens is 420 g/mol. The maximum atomic E-state index is 12.0. The van der Waals surface area contributed by atoms with E-state index in [4.69, 9.17) is 21.1 Å². The Labute approximate surface area is 173 Å². The summed E-state index contributed by atoms with van der Waals surface area (Å²) in [5.74, 6) is -0.395. The number of rotatable bonds is 6. The van der Waals surface area contributed by atoms with E-state index in [-0.39, 0.29) is 10.5 Å². The van der Waals surface area contributed by atoms with Crippen molar-refractivity contribution in [3.63, 3.8) is 0 Å². The summed E-state index contributed by atoms with van der Waals surface area (Å²) in [5.41, 5.74) is 5.24. The fraction of sp³-hybridized carbons (Fsp3) is 0.158. The van der Waals surface area contributed by atoms with E-state index in [1.807, 2.05) is 0 Å². The zero-order valence-electron chi connectivity index (χ0n) is 15.9. The van der Waals surface area contributed by atoms with Crippen molar-refractivity contribution in [1.29, 1.82) is 0 Å². The minimum atomic E-state index is -3.35. The SMILES string of the molecule is COc1cc(/C=C/C(=O)NNC(=O)c2ccc(S(C)(=O)=O)cc2)cc(Cl)c1OC. The highest BCUT2D eigenvalue weighted by molar-refractivity contribution is 7.90. The number of methoxy groups -OCH3 is 2. The van der Waals surface area contributed by atoms with Crippen molar-refractivity contribution in [2.75, 3.05) is 20.5 Å². The summed E-state index contributed by atoms with van der Waals surface area (Å²) in [5, 5.41) is 0.317. The normalized spacial score (nSPS) is 11.2. The number of hydrogen-bond acceptors (Lipinski definition) is 6. The van der Waals surface area contributed by atoms with Crippen molar-refractivity contribution in [2.45, 2.75) is 4.90 Å². The number of amides is 2. The van der Waals surface area contributed by atoms with Gasteiger partial charge in [-0.1, -0.05) is 11.6 Å². The molecule has 0 radical (unpaired) electrons. The first-order chi connectivity index (χ1) is 13.7. The van der Waals surface area contributed by atoms with Crippen LogP contribution < -0.4 is 20.3 Å². The van der Waals surface area contributed by atoms with Gasteiger partial charge in [0.05, 0.1) is 24.1 Å². The fourth-order valence-electron chi connectivity index (χ4n) is 2.29. The first-order valence-corrected chi connectivity index (χ1v) is 10.4. The highest BCUT2D eigenvalue weighted by atomic mass is 35.5. The number of hydrogen-bond donors (Lipinski definition) is 2. The molecule has 0 aliphatic carbocycles. The molecule has 0 atom stereocenters. The van der Waals surface area contributed by atoms with Gasteiger partial charge in [0, 0.05) is 17.9 Å². The standard InChI is InChI=1S/C19H19ClN2O6S/c1-27-16-11-12(10-15(20)18(16)28-2)4-9-17(23)21-22-19(24)13-5-7-14(8-6-13)29(3,25)26/h4-11H,1-3H3,(H,21,23)(H,22,24)/b9-4+. The number of carbonyl (C=O) groups is 2. The second kappa shape index (κ2) is 9.44. The van der Waals surface area contributed by atoms with Gasteiger partial charge < -0.3 is 9.47 Å². The summed E-state index contributed by atoms with van der Waals surface area (Å²) in [6.45, 7) is 0. The molecule has 2 N–H and O–H groups in total. The van der Waals surface area contributed by atoms with E-state index >= 15 is 0 Å². The van der Waals surface area contributed by atoms with Crippen LogP contribution in [0.5, 0.6) is 11.5 Å². The van der Waals surface area contributed by atoms with E-state index in [9.17, 15) is 18.0 Å². The average Bonchev–Trinajstić information content (AvgIpc) is 2.69. The van der Waals surface area contributed by atoms with E-state index < -0.39 is 21.7 Å². The van der Waals surface area contributed by atoms with Crippen LogP contribution in [0.3, 0.4) is 0 Å². The van der Waals surface area contributed by atoms with Crippen molar-refractivity contribution >= 4 is 39.3 Å². The van der Waals surface area contributed by atoms with Gasteiger partial charge in [0.1, 0.15) is 0 Å². The van der Waals surface area contributed by atoms with E-state index in [2.05, 4.69) is 10.9 Å². The van der Waals surface area contributed by atoms with Crippen molar-refractivity contribution in [1.82, 2.24) is 10.9 Å². The summed E-state index contributed by atoms with van der Waals surface area (Å²) in [4.78, 5) is 24.0. The minimum absolute atomic E-state index is 0.0922. The molecule has 0 unspecified atom stereocenters. The van der Waals surface area contributed by atoms with Gasteiger partial charge in [-0.25, -0.2) is 8.42 Å². The molecule has 0 heterocycles. The Morgan fingerprint density at radius 2 is 1.69 bits per heavy atom. The quantitative estimate of drug-likeness (QED) is 0.528. The molecule has 0 aromatic heterocycles. The van der Waals surface area contributed by atoms with Crippen LogP contribution in [0.4, 0.5) is 0 Å². The Morgan fingerprint density at radius 1 is 1.03 bits per heavy atom. The molecule has 10 heteroatoms. The number of sulfone groups is 1. The van der Waals surface area contributed by atoms with Gasteiger partial charge in [-0.3, -0.25) is 20.4 Å². The molecular formula is C19H19ClN2O6S. The molecule has 29 heavy (non-hydrogen) atoms. The Morgan fingerprint density at radius 3 is 2.24 bits per heavy atom. The zero-order chi connectivity index (χ0) is 21.6. The monoisotopic (exact) mass is 438 g/mol. The number of carbonyl (C=O) groups excluding carboxylic acids is 2. The first-order valence-electron chi connectivity index (χ1n) is 8.15. The third-order valence-corrected chi connectivity index (χ3v) is 5.14. The molecule has 0 bridgehead atoms. The molecule has 0 aliphatic rings. The summed E-state index contributed by atoms with van der Waals surface area (Å²) in [6, 6.07) is 8.54. The summed E-state index contributed by atoms with van der Waals surface area (Å²) < 4.78 is 33.2. The van der Waals surface area contributed by atoms with E-state index in [0.717, 1.165) is 6.26 Å². The predicted octanol–water partition coefficient (Wildman–Crippen LogP) is 2.24. The van der Waals surface area contributed by atoms with Crippen LogP contribution in [0.15, 0.2) is 47.4 Å². The molecule has 2 aromatic rings. The highest BCUT2D eigenvalue weighted by Crippen LogP contribution is 2.36. The molecule has 0 saturated heterocycles. The first kappa shape index (κ1) is 22.3. The second-order valence-electron chi connectivity index (χ2n) is 5.81. The third kappa shape index (κ3) is 5.97. The number of ether oxygens (including phenoxy) is 2. The fourth-order valence-corrected chi connectivity index (χ4v) is 3.22. The molecule has 0 saturated carbocycles. The largest absolute Gasteiger partial charge is 0.493 e. The summed E-state index contributed by atoms with van der Waals surface area (Å²) in [6.07, 6.45) is 3.75. The highest BCUT2D eigenvalue weighted by Gasteiger charge is 2.11. The molecule has 154 valence electrons. The Bertz CT molecular complexity index is 1050. The molecule has 2 amide bonds. The van der Waals surface area contributed by atoms with E-state index in [1.165, 1.54) is 50.6 Å². The summed E-state index contributed by atoms with van der Waals surface area (Å²) in [7, 11) is -0.427.